The maximum absolute atomic E-state index is 9.30. The Morgan fingerprint density at radius 1 is 1.47 bits per heavy atom. The van der Waals surface area contributed by atoms with Gasteiger partial charge < -0.3 is 9.84 Å². The van der Waals surface area contributed by atoms with Gasteiger partial charge in [-0.1, -0.05) is 12.1 Å². The second-order valence-electron chi connectivity index (χ2n) is 4.37. The van der Waals surface area contributed by atoms with Gasteiger partial charge in [-0.05, 0) is 50.3 Å². The first kappa shape index (κ1) is 10.5. The summed E-state index contributed by atoms with van der Waals surface area (Å²) in [6, 6.07) is 8.04. The second kappa shape index (κ2) is 4.67. The summed E-state index contributed by atoms with van der Waals surface area (Å²) in [6.45, 7) is 1.81. The number of aliphatic hydroxyl groups excluding tert-OH is 1. The van der Waals surface area contributed by atoms with Crippen molar-refractivity contribution in [2.45, 2.75) is 44.8 Å². The van der Waals surface area contributed by atoms with Crippen LogP contribution in [0.4, 0.5) is 0 Å². The molecule has 0 spiro atoms. The molecule has 1 N–H and O–H groups in total. The molecule has 1 saturated carbocycles. The average molecular weight is 206 g/mol. The number of hydrogen-bond acceptors (Lipinski definition) is 2. The molecule has 82 valence electrons. The molecule has 0 radical (unpaired) electrons. The molecule has 1 aliphatic rings. The monoisotopic (exact) mass is 206 g/mol. The van der Waals surface area contributed by atoms with E-state index in [2.05, 4.69) is 0 Å². The van der Waals surface area contributed by atoms with Gasteiger partial charge in [0.15, 0.2) is 0 Å². The van der Waals surface area contributed by atoms with E-state index in [9.17, 15) is 5.11 Å². The van der Waals surface area contributed by atoms with E-state index in [1.807, 2.05) is 24.3 Å². The van der Waals surface area contributed by atoms with Crippen LogP contribution in [0.25, 0.3) is 0 Å². The lowest BCUT2D eigenvalue weighted by Gasteiger charge is -2.26. The first-order valence-corrected chi connectivity index (χ1v) is 5.68. The molecule has 1 aliphatic carbocycles. The van der Waals surface area contributed by atoms with Crippen LogP contribution in [-0.2, 0) is 6.42 Å². The fourth-order valence-electron chi connectivity index (χ4n) is 1.77. The minimum Gasteiger partial charge on any atom is -0.490 e. The van der Waals surface area contributed by atoms with Gasteiger partial charge in [0.05, 0.1) is 12.2 Å². The van der Waals surface area contributed by atoms with Gasteiger partial charge in [-0.3, -0.25) is 0 Å². The minimum atomic E-state index is -0.288. The summed E-state index contributed by atoms with van der Waals surface area (Å²) in [6.07, 6.45) is 4.48. The van der Waals surface area contributed by atoms with Crippen molar-refractivity contribution in [2.75, 3.05) is 0 Å². The van der Waals surface area contributed by atoms with Crippen LogP contribution in [0.15, 0.2) is 24.3 Å². The predicted molar refractivity (Wildman–Crippen MR) is 60.1 cm³/mol. The van der Waals surface area contributed by atoms with Crippen LogP contribution in [-0.4, -0.2) is 17.3 Å². The van der Waals surface area contributed by atoms with Crippen molar-refractivity contribution >= 4 is 0 Å². The summed E-state index contributed by atoms with van der Waals surface area (Å²) in [7, 11) is 0. The molecule has 0 aromatic heterocycles. The zero-order valence-corrected chi connectivity index (χ0v) is 9.15. The van der Waals surface area contributed by atoms with Gasteiger partial charge in [0.25, 0.3) is 0 Å². The van der Waals surface area contributed by atoms with E-state index in [4.69, 9.17) is 4.74 Å². The van der Waals surface area contributed by atoms with Crippen LogP contribution in [0.1, 0.15) is 31.7 Å². The number of rotatable bonds is 4. The molecule has 1 fully saturated rings. The van der Waals surface area contributed by atoms with Gasteiger partial charge in [-0.15, -0.1) is 0 Å². The molecule has 0 heterocycles. The quantitative estimate of drug-likeness (QED) is 0.820. The van der Waals surface area contributed by atoms with E-state index in [0.717, 1.165) is 11.3 Å². The molecule has 15 heavy (non-hydrogen) atoms. The maximum Gasteiger partial charge on any atom is 0.119 e. The van der Waals surface area contributed by atoms with E-state index in [0.29, 0.717) is 12.5 Å². The number of aliphatic hydroxyl groups is 1. The fourth-order valence-corrected chi connectivity index (χ4v) is 1.77. The number of ether oxygens (including phenoxy) is 1. The van der Waals surface area contributed by atoms with Crippen LogP contribution >= 0.6 is 0 Å². The Kier molecular flexibility index (Phi) is 3.27. The second-order valence-corrected chi connectivity index (χ2v) is 4.37. The van der Waals surface area contributed by atoms with E-state index >= 15 is 0 Å². The fraction of sp³-hybridized carbons (Fsp3) is 0.538. The summed E-state index contributed by atoms with van der Waals surface area (Å²) < 4.78 is 5.79. The van der Waals surface area contributed by atoms with Crippen LogP contribution in [0.3, 0.4) is 0 Å². The zero-order chi connectivity index (χ0) is 10.7. The molecule has 1 aromatic rings. The van der Waals surface area contributed by atoms with Gasteiger partial charge in [0.2, 0.25) is 0 Å². The lowest BCUT2D eigenvalue weighted by Crippen LogP contribution is -2.24. The van der Waals surface area contributed by atoms with Gasteiger partial charge in [0.1, 0.15) is 5.75 Å². The highest BCUT2D eigenvalue weighted by molar-refractivity contribution is 5.29. The molecule has 1 unspecified atom stereocenters. The molecule has 2 nitrogen and oxygen atoms in total. The Morgan fingerprint density at radius 2 is 2.27 bits per heavy atom. The molecule has 2 rings (SSSR count). The number of benzene rings is 1. The molecule has 0 saturated heterocycles. The minimum absolute atomic E-state index is 0.288. The third kappa shape index (κ3) is 2.96. The van der Waals surface area contributed by atoms with Crippen LogP contribution in [0.5, 0.6) is 5.75 Å². The van der Waals surface area contributed by atoms with Crippen molar-refractivity contribution in [2.24, 2.45) is 0 Å². The van der Waals surface area contributed by atoms with Gasteiger partial charge in [-0.25, -0.2) is 0 Å². The summed E-state index contributed by atoms with van der Waals surface area (Å²) in [4.78, 5) is 0. The van der Waals surface area contributed by atoms with Crippen molar-refractivity contribution in [1.29, 1.82) is 0 Å². The largest absolute Gasteiger partial charge is 0.490 e. The molecule has 0 aliphatic heterocycles. The molecule has 0 bridgehead atoms. The smallest absolute Gasteiger partial charge is 0.119 e. The number of hydrogen-bond donors (Lipinski definition) is 1. The molecular weight excluding hydrogens is 188 g/mol. The van der Waals surface area contributed by atoms with Crippen LogP contribution in [0.2, 0.25) is 0 Å². The third-order valence-corrected chi connectivity index (χ3v) is 2.78. The highest BCUT2D eigenvalue weighted by atomic mass is 16.5. The summed E-state index contributed by atoms with van der Waals surface area (Å²) in [5.74, 6) is 0.942. The van der Waals surface area contributed by atoms with E-state index in [1.165, 1.54) is 19.3 Å². The average Bonchev–Trinajstić information content (AvgIpc) is 2.11. The topological polar surface area (TPSA) is 29.5 Å². The first-order chi connectivity index (χ1) is 7.24. The SMILES string of the molecule is CC(O)Cc1cccc(OC2CCC2)c1. The molecule has 0 amide bonds. The Bertz CT molecular complexity index is 316. The van der Waals surface area contributed by atoms with E-state index in [1.54, 1.807) is 6.92 Å². The van der Waals surface area contributed by atoms with Crippen LogP contribution < -0.4 is 4.74 Å². The summed E-state index contributed by atoms with van der Waals surface area (Å²) >= 11 is 0. The van der Waals surface area contributed by atoms with Crippen LogP contribution in [0, 0.1) is 0 Å². The van der Waals surface area contributed by atoms with Crippen molar-refractivity contribution in [3.63, 3.8) is 0 Å². The van der Waals surface area contributed by atoms with Gasteiger partial charge in [0, 0.05) is 0 Å². The zero-order valence-electron chi connectivity index (χ0n) is 9.15. The summed E-state index contributed by atoms with van der Waals surface area (Å²) in [5, 5.41) is 9.30. The maximum atomic E-state index is 9.30. The third-order valence-electron chi connectivity index (χ3n) is 2.78. The standard InChI is InChI=1S/C13H18O2/c1-10(14)8-11-4-2-7-13(9-11)15-12-5-3-6-12/h2,4,7,9-10,12,14H,3,5-6,8H2,1H3. The molecular formula is C13H18O2. The van der Waals surface area contributed by atoms with Crippen molar-refractivity contribution in [3.8, 4) is 5.75 Å². The van der Waals surface area contributed by atoms with Gasteiger partial charge >= 0.3 is 0 Å². The van der Waals surface area contributed by atoms with E-state index in [-0.39, 0.29) is 6.10 Å². The molecule has 1 aromatic carbocycles. The Balaban J connectivity index is 1.98. The Labute approximate surface area is 90.9 Å². The Morgan fingerprint density at radius 3 is 2.87 bits per heavy atom. The van der Waals surface area contributed by atoms with Crippen molar-refractivity contribution in [3.05, 3.63) is 29.8 Å². The van der Waals surface area contributed by atoms with Gasteiger partial charge in [-0.2, -0.15) is 0 Å². The van der Waals surface area contributed by atoms with E-state index < -0.39 is 0 Å². The lowest BCUT2D eigenvalue weighted by molar-refractivity contribution is 0.120. The highest BCUT2D eigenvalue weighted by Crippen LogP contribution is 2.25. The normalized spacial score (nSPS) is 18.3. The first-order valence-electron chi connectivity index (χ1n) is 5.68. The lowest BCUT2D eigenvalue weighted by atomic mass is 9.96. The molecule has 2 heteroatoms. The summed E-state index contributed by atoms with van der Waals surface area (Å²) in [5.41, 5.74) is 1.14. The Hall–Kier alpha value is -1.02. The van der Waals surface area contributed by atoms with Crippen molar-refractivity contribution in [1.82, 2.24) is 0 Å². The predicted octanol–water partition coefficient (Wildman–Crippen LogP) is 2.54. The molecule has 1 atom stereocenters. The highest BCUT2D eigenvalue weighted by Gasteiger charge is 2.18. The van der Waals surface area contributed by atoms with Crippen molar-refractivity contribution < 1.29 is 9.84 Å².